The van der Waals surface area contributed by atoms with Crippen LogP contribution in [0.1, 0.15) is 24.3 Å². The number of rotatable bonds is 5. The molecule has 0 atom stereocenters. The minimum Gasteiger partial charge on any atom is -0.493 e. The van der Waals surface area contributed by atoms with E-state index in [1.807, 2.05) is 26.0 Å². The van der Waals surface area contributed by atoms with Crippen LogP contribution in [-0.2, 0) is 6.54 Å². The summed E-state index contributed by atoms with van der Waals surface area (Å²) in [6, 6.07) is 7.26. The van der Waals surface area contributed by atoms with E-state index in [1.54, 1.807) is 30.1 Å². The molecule has 29 heavy (non-hydrogen) atoms. The number of carbonyl (C=O) groups is 1. The molecule has 3 heterocycles. The van der Waals surface area contributed by atoms with Gasteiger partial charge in [0.05, 0.1) is 29.9 Å². The molecule has 0 spiro atoms. The zero-order valence-corrected chi connectivity index (χ0v) is 17.9. The van der Waals surface area contributed by atoms with Gasteiger partial charge in [-0.25, -0.2) is 9.97 Å². The van der Waals surface area contributed by atoms with Gasteiger partial charge in [0.1, 0.15) is 11.4 Å². The molecule has 1 aliphatic heterocycles. The fraction of sp³-hybridized carbons (Fsp3) is 0.300. The lowest BCUT2D eigenvalue weighted by atomic mass is 10.1. The zero-order chi connectivity index (χ0) is 20.5. The fourth-order valence-electron chi connectivity index (χ4n) is 3.10. The number of halogens is 1. The minimum absolute atomic E-state index is 0.00905. The number of hydrogen-bond acceptors (Lipinski definition) is 6. The number of amides is 1. The maximum Gasteiger partial charge on any atom is 0.269 e. The van der Waals surface area contributed by atoms with Crippen molar-refractivity contribution in [2.45, 2.75) is 26.5 Å². The summed E-state index contributed by atoms with van der Waals surface area (Å²) >= 11 is 3.55. The topological polar surface area (TPSA) is 91.2 Å². The van der Waals surface area contributed by atoms with E-state index in [4.69, 9.17) is 9.47 Å². The number of ether oxygens (including phenoxy) is 2. The van der Waals surface area contributed by atoms with Crippen molar-refractivity contribution < 1.29 is 14.3 Å². The summed E-state index contributed by atoms with van der Waals surface area (Å²) in [5, 5.41) is 7.33. The molecule has 1 aliphatic rings. The molecular weight excluding hydrogens is 438 g/mol. The Morgan fingerprint density at radius 3 is 2.79 bits per heavy atom. The molecule has 1 N–H and O–H groups in total. The van der Waals surface area contributed by atoms with Gasteiger partial charge >= 0.3 is 0 Å². The van der Waals surface area contributed by atoms with Crippen molar-refractivity contribution in [2.75, 3.05) is 13.7 Å². The lowest BCUT2D eigenvalue weighted by molar-refractivity contribution is 0.0924. The number of hydrogen-bond donors (Lipinski definition) is 1. The Kier molecular flexibility index (Phi) is 5.23. The summed E-state index contributed by atoms with van der Waals surface area (Å²) in [6.07, 6.45) is 1.68. The second kappa shape index (κ2) is 7.82. The molecule has 0 fully saturated rings. The van der Waals surface area contributed by atoms with E-state index in [-0.39, 0.29) is 12.0 Å². The minimum atomic E-state index is -0.126. The van der Waals surface area contributed by atoms with Crippen LogP contribution in [-0.4, -0.2) is 45.4 Å². The van der Waals surface area contributed by atoms with Gasteiger partial charge in [0.2, 0.25) is 0 Å². The summed E-state index contributed by atoms with van der Waals surface area (Å²) in [5.74, 6) is 1.62. The highest BCUT2D eigenvalue weighted by atomic mass is 79.9. The van der Waals surface area contributed by atoms with Crippen molar-refractivity contribution in [3.63, 3.8) is 0 Å². The van der Waals surface area contributed by atoms with Gasteiger partial charge in [0.15, 0.2) is 17.3 Å². The highest BCUT2D eigenvalue weighted by Gasteiger charge is 2.21. The van der Waals surface area contributed by atoms with Gasteiger partial charge in [0.25, 0.3) is 5.91 Å². The number of methoxy groups -OCH3 is 1. The molecule has 0 unspecified atom stereocenters. The molecular formula is C20H20BrN5O3. The van der Waals surface area contributed by atoms with E-state index in [0.717, 1.165) is 10.0 Å². The molecule has 0 radical (unpaired) electrons. The first-order chi connectivity index (χ1) is 14.0. The number of carbonyl (C=O) groups excluding carboxylic acids is 1. The first kappa shape index (κ1) is 19.4. The Balaban J connectivity index is 1.73. The van der Waals surface area contributed by atoms with Crippen molar-refractivity contribution >= 4 is 21.8 Å². The molecule has 1 aromatic carbocycles. The zero-order valence-electron chi connectivity index (χ0n) is 16.3. The molecule has 3 aromatic rings. The number of nitrogens with zero attached hydrogens (tertiary/aromatic N) is 4. The van der Waals surface area contributed by atoms with Crippen LogP contribution in [0, 0.1) is 0 Å². The molecule has 0 aliphatic carbocycles. The van der Waals surface area contributed by atoms with Crippen LogP contribution < -0.4 is 14.8 Å². The summed E-state index contributed by atoms with van der Waals surface area (Å²) in [6.45, 7) is 5.12. The Morgan fingerprint density at radius 2 is 2.07 bits per heavy atom. The van der Waals surface area contributed by atoms with Crippen LogP contribution in [0.5, 0.6) is 11.5 Å². The van der Waals surface area contributed by atoms with Gasteiger partial charge in [-0.3, -0.25) is 9.48 Å². The van der Waals surface area contributed by atoms with Crippen LogP contribution in [0.4, 0.5) is 0 Å². The van der Waals surface area contributed by atoms with E-state index >= 15 is 0 Å². The van der Waals surface area contributed by atoms with Crippen molar-refractivity contribution in [2.24, 2.45) is 0 Å². The van der Waals surface area contributed by atoms with Crippen molar-refractivity contribution in [3.05, 3.63) is 40.6 Å². The lowest BCUT2D eigenvalue weighted by Crippen LogP contribution is -2.35. The smallest absolute Gasteiger partial charge is 0.269 e. The monoisotopic (exact) mass is 457 g/mol. The van der Waals surface area contributed by atoms with Gasteiger partial charge < -0.3 is 14.8 Å². The quantitative estimate of drug-likeness (QED) is 0.631. The van der Waals surface area contributed by atoms with Gasteiger partial charge in [-0.1, -0.05) is 0 Å². The summed E-state index contributed by atoms with van der Waals surface area (Å²) in [7, 11) is 1.59. The maximum absolute atomic E-state index is 12.0. The SMILES string of the molecule is COc1cc(-c2nccc(-c3cc4n(n3)CCNC4=O)n2)cc(Br)c1OC(C)C. The van der Waals surface area contributed by atoms with E-state index < -0.39 is 0 Å². The Labute approximate surface area is 176 Å². The standard InChI is InChI=1S/C20H20BrN5O3/c1-11(2)29-18-13(21)8-12(9-17(18)28-3)19-22-5-4-14(24-19)15-10-16-20(27)23-6-7-26(16)25-15/h4-5,8-11H,6-7H2,1-3H3,(H,23,27). The number of nitrogens with one attached hydrogen (secondary N) is 1. The molecule has 150 valence electrons. The highest BCUT2D eigenvalue weighted by Crippen LogP contribution is 2.39. The lowest BCUT2D eigenvalue weighted by Gasteiger charge is -2.16. The van der Waals surface area contributed by atoms with Crippen LogP contribution >= 0.6 is 15.9 Å². The predicted molar refractivity (Wildman–Crippen MR) is 111 cm³/mol. The largest absolute Gasteiger partial charge is 0.493 e. The molecule has 0 saturated carbocycles. The van der Waals surface area contributed by atoms with Crippen molar-refractivity contribution in [3.8, 4) is 34.3 Å². The normalized spacial score (nSPS) is 13.2. The first-order valence-electron chi connectivity index (χ1n) is 9.20. The molecule has 1 amide bonds. The van der Waals surface area contributed by atoms with Gasteiger partial charge in [-0.2, -0.15) is 5.10 Å². The van der Waals surface area contributed by atoms with E-state index in [9.17, 15) is 4.79 Å². The number of benzene rings is 1. The van der Waals surface area contributed by atoms with E-state index in [2.05, 4.69) is 36.3 Å². The van der Waals surface area contributed by atoms with Crippen molar-refractivity contribution in [1.82, 2.24) is 25.1 Å². The van der Waals surface area contributed by atoms with Crippen LogP contribution in [0.3, 0.4) is 0 Å². The third kappa shape index (κ3) is 3.82. The van der Waals surface area contributed by atoms with E-state index in [1.165, 1.54) is 0 Å². The molecule has 2 aromatic heterocycles. The third-order valence-corrected chi connectivity index (χ3v) is 4.97. The highest BCUT2D eigenvalue weighted by molar-refractivity contribution is 9.10. The molecule has 0 bridgehead atoms. The third-order valence-electron chi connectivity index (χ3n) is 4.38. The molecule has 9 heteroatoms. The second-order valence-electron chi connectivity index (χ2n) is 6.82. The van der Waals surface area contributed by atoms with Gasteiger partial charge in [-0.05, 0) is 54.0 Å². The molecule has 0 saturated heterocycles. The Bertz CT molecular complexity index is 1080. The average Bonchev–Trinajstić information content (AvgIpc) is 3.15. The molecule has 8 nitrogen and oxygen atoms in total. The van der Waals surface area contributed by atoms with E-state index in [0.29, 0.717) is 47.5 Å². The van der Waals surface area contributed by atoms with Crippen LogP contribution in [0.15, 0.2) is 34.9 Å². The second-order valence-corrected chi connectivity index (χ2v) is 7.67. The average molecular weight is 458 g/mol. The summed E-state index contributed by atoms with van der Waals surface area (Å²) < 4.78 is 13.8. The summed E-state index contributed by atoms with van der Waals surface area (Å²) in [5.41, 5.74) is 2.58. The van der Waals surface area contributed by atoms with Gasteiger partial charge in [-0.15, -0.1) is 0 Å². The summed E-state index contributed by atoms with van der Waals surface area (Å²) in [4.78, 5) is 21.0. The van der Waals surface area contributed by atoms with Crippen molar-refractivity contribution in [1.29, 1.82) is 0 Å². The predicted octanol–water partition coefficient (Wildman–Crippen LogP) is 3.31. The first-order valence-corrected chi connectivity index (χ1v) is 9.99. The van der Waals surface area contributed by atoms with Crippen LogP contribution in [0.25, 0.3) is 22.8 Å². The number of fused-ring (bicyclic) bond motifs is 1. The Hall–Kier alpha value is -2.94. The Morgan fingerprint density at radius 1 is 1.24 bits per heavy atom. The van der Waals surface area contributed by atoms with Crippen LogP contribution in [0.2, 0.25) is 0 Å². The maximum atomic E-state index is 12.0. The van der Waals surface area contributed by atoms with Gasteiger partial charge in [0, 0.05) is 18.3 Å². The molecule has 4 rings (SSSR count). The fourth-order valence-corrected chi connectivity index (χ4v) is 3.64. The number of aromatic nitrogens is 4.